The van der Waals surface area contributed by atoms with Gasteiger partial charge in [0.1, 0.15) is 0 Å². The molecule has 136 valence electrons. The SMILES string of the molecule is CN=C(NCCNC(=O)c1ccccc1)N(C)Cc1cccn1C.I. The number of aromatic nitrogens is 1. The number of nitrogens with zero attached hydrogens (tertiary/aromatic N) is 3. The molecular weight excluding hydrogens is 429 g/mol. The Hall–Kier alpha value is -2.03. The number of hydrogen-bond donors (Lipinski definition) is 2. The van der Waals surface area contributed by atoms with Gasteiger partial charge in [0.15, 0.2) is 5.96 Å². The highest BCUT2D eigenvalue weighted by Gasteiger charge is 2.08. The first-order valence-corrected chi connectivity index (χ1v) is 7.97. The molecule has 7 heteroatoms. The molecule has 0 aliphatic carbocycles. The predicted octanol–water partition coefficient (Wildman–Crippen LogP) is 2.08. The zero-order valence-electron chi connectivity index (χ0n) is 14.9. The molecule has 0 bridgehead atoms. The molecule has 1 amide bonds. The lowest BCUT2D eigenvalue weighted by Gasteiger charge is -2.22. The Balaban J connectivity index is 0.00000312. The first-order chi connectivity index (χ1) is 11.6. The van der Waals surface area contributed by atoms with Crippen LogP contribution in [0.15, 0.2) is 53.7 Å². The number of amides is 1. The second kappa shape index (κ2) is 10.8. The van der Waals surface area contributed by atoms with Crippen molar-refractivity contribution >= 4 is 35.8 Å². The lowest BCUT2D eigenvalue weighted by Crippen LogP contribution is -2.42. The summed E-state index contributed by atoms with van der Waals surface area (Å²) in [5.41, 5.74) is 1.88. The van der Waals surface area contributed by atoms with E-state index in [0.717, 1.165) is 12.5 Å². The van der Waals surface area contributed by atoms with Crippen LogP contribution in [0.5, 0.6) is 0 Å². The fourth-order valence-electron chi connectivity index (χ4n) is 2.41. The molecule has 0 spiro atoms. The fraction of sp³-hybridized carbons (Fsp3) is 0.333. The molecule has 0 aliphatic heterocycles. The van der Waals surface area contributed by atoms with Crippen LogP contribution < -0.4 is 10.6 Å². The van der Waals surface area contributed by atoms with Crippen LogP contribution in [-0.2, 0) is 13.6 Å². The number of aliphatic imine (C=N–C) groups is 1. The molecule has 2 rings (SSSR count). The highest BCUT2D eigenvalue weighted by Crippen LogP contribution is 2.03. The Labute approximate surface area is 166 Å². The molecule has 0 aliphatic rings. The lowest BCUT2D eigenvalue weighted by atomic mass is 10.2. The van der Waals surface area contributed by atoms with Gasteiger partial charge in [0.05, 0.1) is 6.54 Å². The number of guanidine groups is 1. The Morgan fingerprint density at radius 2 is 1.80 bits per heavy atom. The molecule has 0 fully saturated rings. The number of rotatable bonds is 6. The summed E-state index contributed by atoms with van der Waals surface area (Å²) in [6, 6.07) is 13.3. The molecule has 25 heavy (non-hydrogen) atoms. The van der Waals surface area contributed by atoms with Crippen molar-refractivity contribution in [2.45, 2.75) is 6.54 Å². The van der Waals surface area contributed by atoms with E-state index >= 15 is 0 Å². The van der Waals surface area contributed by atoms with Crippen LogP contribution in [0, 0.1) is 0 Å². The molecule has 1 aromatic heterocycles. The maximum Gasteiger partial charge on any atom is 0.251 e. The minimum absolute atomic E-state index is 0. The zero-order valence-corrected chi connectivity index (χ0v) is 17.2. The normalized spacial score (nSPS) is 10.8. The van der Waals surface area contributed by atoms with Crippen molar-refractivity contribution in [1.82, 2.24) is 20.1 Å². The Morgan fingerprint density at radius 1 is 1.12 bits per heavy atom. The Kier molecular flexibility index (Phi) is 9.04. The van der Waals surface area contributed by atoms with Gasteiger partial charge >= 0.3 is 0 Å². The summed E-state index contributed by atoms with van der Waals surface area (Å²) >= 11 is 0. The van der Waals surface area contributed by atoms with Crippen LogP contribution >= 0.6 is 24.0 Å². The van der Waals surface area contributed by atoms with E-state index < -0.39 is 0 Å². The van der Waals surface area contributed by atoms with Crippen LogP contribution in [0.4, 0.5) is 0 Å². The van der Waals surface area contributed by atoms with Crippen LogP contribution in [-0.4, -0.2) is 48.5 Å². The number of carbonyl (C=O) groups is 1. The van der Waals surface area contributed by atoms with Crippen LogP contribution in [0.1, 0.15) is 16.1 Å². The zero-order chi connectivity index (χ0) is 17.4. The molecule has 0 saturated heterocycles. The van der Waals surface area contributed by atoms with E-state index in [2.05, 4.69) is 26.3 Å². The highest BCUT2D eigenvalue weighted by atomic mass is 127. The minimum atomic E-state index is -0.0652. The first kappa shape index (κ1) is 21.0. The molecule has 2 aromatic rings. The maximum absolute atomic E-state index is 12.0. The number of aryl methyl sites for hydroxylation is 1. The van der Waals surface area contributed by atoms with Crippen molar-refractivity contribution in [3.8, 4) is 0 Å². The Morgan fingerprint density at radius 3 is 2.40 bits per heavy atom. The van der Waals surface area contributed by atoms with Gasteiger partial charge in [0.2, 0.25) is 0 Å². The summed E-state index contributed by atoms with van der Waals surface area (Å²) in [6.45, 7) is 1.91. The molecule has 2 N–H and O–H groups in total. The molecular formula is C18H26IN5O. The first-order valence-electron chi connectivity index (χ1n) is 7.97. The average Bonchev–Trinajstić information content (AvgIpc) is 3.00. The van der Waals surface area contributed by atoms with Crippen molar-refractivity contribution < 1.29 is 4.79 Å². The van der Waals surface area contributed by atoms with E-state index in [9.17, 15) is 4.79 Å². The topological polar surface area (TPSA) is 61.7 Å². The van der Waals surface area contributed by atoms with Crippen molar-refractivity contribution in [1.29, 1.82) is 0 Å². The summed E-state index contributed by atoms with van der Waals surface area (Å²) in [5, 5.41) is 6.15. The van der Waals surface area contributed by atoms with Gasteiger partial charge in [-0.3, -0.25) is 9.79 Å². The third-order valence-corrected chi connectivity index (χ3v) is 3.75. The summed E-state index contributed by atoms with van der Waals surface area (Å²) in [4.78, 5) is 18.3. The van der Waals surface area contributed by atoms with E-state index in [1.54, 1.807) is 19.2 Å². The number of benzene rings is 1. The summed E-state index contributed by atoms with van der Waals surface area (Å²) in [7, 11) is 5.77. The second-order valence-corrected chi connectivity index (χ2v) is 5.56. The molecule has 6 nitrogen and oxygen atoms in total. The van der Waals surface area contributed by atoms with E-state index in [0.29, 0.717) is 18.7 Å². The van der Waals surface area contributed by atoms with Gasteiger partial charge in [-0.2, -0.15) is 0 Å². The van der Waals surface area contributed by atoms with Crippen molar-refractivity contribution in [2.24, 2.45) is 12.0 Å². The van der Waals surface area contributed by atoms with Gasteiger partial charge in [-0.25, -0.2) is 0 Å². The van der Waals surface area contributed by atoms with Crippen LogP contribution in [0.3, 0.4) is 0 Å². The summed E-state index contributed by atoms with van der Waals surface area (Å²) < 4.78 is 2.09. The average molecular weight is 455 g/mol. The lowest BCUT2D eigenvalue weighted by molar-refractivity contribution is 0.0954. The van der Waals surface area contributed by atoms with Crippen molar-refractivity contribution in [3.05, 3.63) is 59.9 Å². The number of hydrogen-bond acceptors (Lipinski definition) is 2. The number of halogens is 1. The Bertz CT molecular complexity index is 684. The molecule has 0 unspecified atom stereocenters. The standard InChI is InChI=1S/C18H25N5O.HI/c1-19-18(23(3)14-16-10-7-13-22(16)2)21-12-11-20-17(24)15-8-5-4-6-9-15;/h4-10,13H,11-12,14H2,1-3H3,(H,19,21)(H,20,24);1H. The van der Waals surface area contributed by atoms with E-state index in [1.165, 1.54) is 5.69 Å². The predicted molar refractivity (Wildman–Crippen MR) is 112 cm³/mol. The summed E-state index contributed by atoms with van der Waals surface area (Å²) in [6.07, 6.45) is 2.03. The minimum Gasteiger partial charge on any atom is -0.354 e. The third kappa shape index (κ3) is 6.41. The molecule has 0 atom stereocenters. The summed E-state index contributed by atoms with van der Waals surface area (Å²) in [5.74, 6) is 0.731. The second-order valence-electron chi connectivity index (χ2n) is 5.56. The maximum atomic E-state index is 12.0. The number of carbonyl (C=O) groups excluding carboxylic acids is 1. The van der Waals surface area contributed by atoms with Gasteiger partial charge < -0.3 is 20.1 Å². The van der Waals surface area contributed by atoms with Crippen molar-refractivity contribution in [2.75, 3.05) is 27.2 Å². The van der Waals surface area contributed by atoms with Crippen LogP contribution in [0.2, 0.25) is 0 Å². The van der Waals surface area contributed by atoms with Gasteiger partial charge in [-0.15, -0.1) is 24.0 Å². The van der Waals surface area contributed by atoms with Gasteiger partial charge in [-0.05, 0) is 24.3 Å². The molecule has 0 radical (unpaired) electrons. The van der Waals surface area contributed by atoms with E-state index in [1.807, 2.05) is 49.5 Å². The fourth-order valence-corrected chi connectivity index (χ4v) is 2.41. The van der Waals surface area contributed by atoms with Gasteiger partial charge in [0.25, 0.3) is 5.91 Å². The number of nitrogens with one attached hydrogen (secondary N) is 2. The smallest absolute Gasteiger partial charge is 0.251 e. The molecule has 1 aromatic carbocycles. The van der Waals surface area contributed by atoms with E-state index in [4.69, 9.17) is 0 Å². The molecule has 1 heterocycles. The largest absolute Gasteiger partial charge is 0.354 e. The third-order valence-electron chi connectivity index (χ3n) is 3.75. The van der Waals surface area contributed by atoms with Crippen LogP contribution in [0.25, 0.3) is 0 Å². The monoisotopic (exact) mass is 455 g/mol. The van der Waals surface area contributed by atoms with Gasteiger partial charge in [-0.1, -0.05) is 18.2 Å². The van der Waals surface area contributed by atoms with Crippen molar-refractivity contribution in [3.63, 3.8) is 0 Å². The highest BCUT2D eigenvalue weighted by molar-refractivity contribution is 14.0. The van der Waals surface area contributed by atoms with E-state index in [-0.39, 0.29) is 29.9 Å². The van der Waals surface area contributed by atoms with Gasteiger partial charge in [0, 0.05) is 51.7 Å². The molecule has 0 saturated carbocycles. The quantitative estimate of drug-likeness (QED) is 0.304.